The van der Waals surface area contributed by atoms with Crippen LogP contribution in [0.3, 0.4) is 0 Å². The molecule has 0 fully saturated rings. The van der Waals surface area contributed by atoms with Crippen molar-refractivity contribution in [1.29, 1.82) is 0 Å². The number of aromatic nitrogens is 2. The van der Waals surface area contributed by atoms with Crippen LogP contribution in [-0.4, -0.2) is 21.8 Å². The first kappa shape index (κ1) is 20.6. The van der Waals surface area contributed by atoms with E-state index < -0.39 is 17.6 Å². The van der Waals surface area contributed by atoms with E-state index in [1.54, 1.807) is 30.8 Å². The molecule has 8 heteroatoms. The summed E-state index contributed by atoms with van der Waals surface area (Å²) in [5.41, 5.74) is 8.55. The quantitative estimate of drug-likeness (QED) is 0.321. The zero-order valence-corrected chi connectivity index (χ0v) is 17.4. The van der Waals surface area contributed by atoms with Gasteiger partial charge >= 0.3 is 0 Å². The Morgan fingerprint density at radius 1 is 0.968 bits per heavy atom. The second-order valence-corrected chi connectivity index (χ2v) is 7.88. The summed E-state index contributed by atoms with van der Waals surface area (Å²) in [5.74, 6) is -0.837. The van der Waals surface area contributed by atoms with E-state index in [1.165, 1.54) is 12.1 Å². The number of hydrogen-bond acceptors (Lipinski definition) is 4. The standard InChI is InChI=1S/C23H19FN4O2S/c1-14-6-9-17(12-18(14)24)22(30)28-27-21(29)16-10-7-15(8-11-16)13-31-23-25-19-4-2-3-5-20(19)26-23/h2-12H,13H2,1H3,(H,25,26)(H,27,29)(H,28,30). The Kier molecular flexibility index (Phi) is 5.99. The lowest BCUT2D eigenvalue weighted by Crippen LogP contribution is -2.41. The lowest BCUT2D eigenvalue weighted by atomic mass is 10.1. The van der Waals surface area contributed by atoms with Crippen LogP contribution in [0.4, 0.5) is 4.39 Å². The van der Waals surface area contributed by atoms with Crippen molar-refractivity contribution >= 4 is 34.6 Å². The normalized spacial score (nSPS) is 10.8. The Hall–Kier alpha value is -3.65. The number of aryl methyl sites for hydroxylation is 1. The minimum absolute atomic E-state index is 0.126. The van der Waals surface area contributed by atoms with E-state index in [4.69, 9.17) is 0 Å². The molecule has 3 N–H and O–H groups in total. The number of carbonyl (C=O) groups excluding carboxylic acids is 2. The summed E-state index contributed by atoms with van der Waals surface area (Å²) in [7, 11) is 0. The second-order valence-electron chi connectivity index (χ2n) is 6.92. The first-order chi connectivity index (χ1) is 15.0. The van der Waals surface area contributed by atoms with Crippen molar-refractivity contribution in [2.75, 3.05) is 0 Å². The number of benzene rings is 3. The molecule has 1 aromatic heterocycles. The summed E-state index contributed by atoms with van der Waals surface area (Å²) in [6.07, 6.45) is 0. The molecule has 0 aliphatic carbocycles. The van der Waals surface area contributed by atoms with Crippen LogP contribution < -0.4 is 10.9 Å². The molecule has 31 heavy (non-hydrogen) atoms. The number of amides is 2. The number of aromatic amines is 1. The first-order valence-corrected chi connectivity index (χ1v) is 10.5. The van der Waals surface area contributed by atoms with Crippen molar-refractivity contribution in [3.05, 3.63) is 94.8 Å². The zero-order chi connectivity index (χ0) is 21.8. The molecule has 3 aromatic carbocycles. The summed E-state index contributed by atoms with van der Waals surface area (Å²) in [5, 5.41) is 0.832. The van der Waals surface area contributed by atoms with Gasteiger partial charge in [-0.25, -0.2) is 9.37 Å². The van der Waals surface area contributed by atoms with Crippen LogP contribution in [0.5, 0.6) is 0 Å². The molecule has 0 radical (unpaired) electrons. The molecule has 0 aliphatic heterocycles. The summed E-state index contributed by atoms with van der Waals surface area (Å²) < 4.78 is 13.6. The number of nitrogens with one attached hydrogen (secondary N) is 3. The zero-order valence-electron chi connectivity index (χ0n) is 16.6. The topological polar surface area (TPSA) is 86.9 Å². The fourth-order valence-corrected chi connectivity index (χ4v) is 3.73. The maximum Gasteiger partial charge on any atom is 0.269 e. The van der Waals surface area contributed by atoms with Gasteiger partial charge in [0.15, 0.2) is 5.16 Å². The summed E-state index contributed by atoms with van der Waals surface area (Å²) in [4.78, 5) is 32.1. The molecule has 0 unspecified atom stereocenters. The number of hydrazine groups is 1. The van der Waals surface area contributed by atoms with Gasteiger partial charge in [-0.3, -0.25) is 20.4 Å². The first-order valence-electron chi connectivity index (χ1n) is 9.53. The number of halogens is 1. The molecule has 0 atom stereocenters. The maximum absolute atomic E-state index is 13.6. The highest BCUT2D eigenvalue weighted by Gasteiger charge is 2.11. The average molecular weight is 434 g/mol. The number of imidazole rings is 1. The number of nitrogens with zero attached hydrogens (tertiary/aromatic N) is 1. The van der Waals surface area contributed by atoms with Gasteiger partial charge in [-0.15, -0.1) is 0 Å². The fourth-order valence-electron chi connectivity index (χ4n) is 2.89. The van der Waals surface area contributed by atoms with Crippen molar-refractivity contribution < 1.29 is 14.0 Å². The molecule has 156 valence electrons. The Bertz CT molecular complexity index is 1220. The van der Waals surface area contributed by atoms with Crippen LogP contribution in [0.25, 0.3) is 11.0 Å². The van der Waals surface area contributed by atoms with Gasteiger partial charge in [0.2, 0.25) is 0 Å². The molecule has 0 bridgehead atoms. The molecular weight excluding hydrogens is 415 g/mol. The van der Waals surface area contributed by atoms with Gasteiger partial charge in [-0.2, -0.15) is 0 Å². The smallest absolute Gasteiger partial charge is 0.269 e. The number of fused-ring (bicyclic) bond motifs is 1. The van der Waals surface area contributed by atoms with Crippen molar-refractivity contribution in [1.82, 2.24) is 20.8 Å². The summed E-state index contributed by atoms with van der Waals surface area (Å²) >= 11 is 1.57. The van der Waals surface area contributed by atoms with Gasteiger partial charge in [0.05, 0.1) is 11.0 Å². The monoisotopic (exact) mass is 434 g/mol. The molecule has 4 aromatic rings. The molecule has 0 saturated carbocycles. The third-order valence-electron chi connectivity index (χ3n) is 4.68. The Balaban J connectivity index is 1.31. The van der Waals surface area contributed by atoms with Gasteiger partial charge in [-0.05, 0) is 54.4 Å². The lowest BCUT2D eigenvalue weighted by molar-refractivity contribution is 0.0846. The van der Waals surface area contributed by atoms with Gasteiger partial charge in [0.1, 0.15) is 5.82 Å². The van der Waals surface area contributed by atoms with Crippen LogP contribution in [0.15, 0.2) is 71.9 Å². The second kappa shape index (κ2) is 9.01. The number of thioether (sulfide) groups is 1. The molecule has 2 amide bonds. The van der Waals surface area contributed by atoms with Crippen molar-refractivity contribution in [2.24, 2.45) is 0 Å². The van der Waals surface area contributed by atoms with E-state index in [-0.39, 0.29) is 5.56 Å². The summed E-state index contributed by atoms with van der Waals surface area (Å²) in [6, 6.07) is 19.0. The van der Waals surface area contributed by atoms with Crippen LogP contribution in [-0.2, 0) is 5.75 Å². The van der Waals surface area contributed by atoms with Gasteiger partial charge < -0.3 is 4.98 Å². The Morgan fingerprint density at radius 2 is 1.65 bits per heavy atom. The highest BCUT2D eigenvalue weighted by molar-refractivity contribution is 7.98. The largest absolute Gasteiger partial charge is 0.333 e. The maximum atomic E-state index is 13.6. The number of H-pyrrole nitrogens is 1. The van der Waals surface area contributed by atoms with Crippen molar-refractivity contribution in [3.63, 3.8) is 0 Å². The average Bonchev–Trinajstić information content (AvgIpc) is 3.21. The number of rotatable bonds is 5. The Morgan fingerprint density at radius 3 is 2.35 bits per heavy atom. The van der Waals surface area contributed by atoms with Crippen LogP contribution in [0.1, 0.15) is 31.8 Å². The molecule has 6 nitrogen and oxygen atoms in total. The minimum atomic E-state index is -0.592. The van der Waals surface area contributed by atoms with E-state index in [9.17, 15) is 14.0 Å². The Labute approximate surface area is 182 Å². The SMILES string of the molecule is Cc1ccc(C(=O)NNC(=O)c2ccc(CSc3nc4ccccc4[nH]3)cc2)cc1F. The van der Waals surface area contributed by atoms with E-state index >= 15 is 0 Å². The van der Waals surface area contributed by atoms with Crippen LogP contribution >= 0.6 is 11.8 Å². The number of hydrogen-bond donors (Lipinski definition) is 3. The number of carbonyl (C=O) groups is 2. The predicted molar refractivity (Wildman–Crippen MR) is 118 cm³/mol. The van der Waals surface area contributed by atoms with Crippen LogP contribution in [0.2, 0.25) is 0 Å². The highest BCUT2D eigenvalue weighted by atomic mass is 32.2. The molecule has 0 aliphatic rings. The van der Waals surface area contributed by atoms with Gasteiger partial charge in [-0.1, -0.05) is 42.1 Å². The molecule has 1 heterocycles. The third-order valence-corrected chi connectivity index (χ3v) is 5.63. The minimum Gasteiger partial charge on any atom is -0.333 e. The molecule has 4 rings (SSSR count). The molecular formula is C23H19FN4O2S. The summed E-state index contributed by atoms with van der Waals surface area (Å²) in [6.45, 7) is 1.61. The van der Waals surface area contributed by atoms with Gasteiger partial charge in [0, 0.05) is 16.9 Å². The third kappa shape index (κ3) is 4.92. The van der Waals surface area contributed by atoms with E-state index in [2.05, 4.69) is 20.8 Å². The van der Waals surface area contributed by atoms with Crippen molar-refractivity contribution in [2.45, 2.75) is 17.8 Å². The highest BCUT2D eigenvalue weighted by Crippen LogP contribution is 2.23. The van der Waals surface area contributed by atoms with E-state index in [0.29, 0.717) is 16.9 Å². The lowest BCUT2D eigenvalue weighted by Gasteiger charge is -2.08. The number of para-hydroxylation sites is 2. The fraction of sp³-hybridized carbons (Fsp3) is 0.0870. The van der Waals surface area contributed by atoms with Crippen molar-refractivity contribution in [3.8, 4) is 0 Å². The van der Waals surface area contributed by atoms with E-state index in [0.717, 1.165) is 27.8 Å². The molecule has 0 spiro atoms. The predicted octanol–water partition coefficient (Wildman–Crippen LogP) is 4.38. The van der Waals surface area contributed by atoms with Crippen LogP contribution in [0, 0.1) is 12.7 Å². The van der Waals surface area contributed by atoms with Gasteiger partial charge in [0.25, 0.3) is 11.8 Å². The molecule has 0 saturated heterocycles. The van der Waals surface area contributed by atoms with E-state index in [1.807, 2.05) is 36.4 Å².